The molecule has 0 atom stereocenters. The van der Waals surface area contributed by atoms with Crippen molar-refractivity contribution in [3.63, 3.8) is 0 Å². The molecule has 1 aromatic rings. The van der Waals surface area contributed by atoms with Crippen LogP contribution in [0.1, 0.15) is 49.8 Å². The van der Waals surface area contributed by atoms with Crippen molar-refractivity contribution in [2.24, 2.45) is 5.92 Å². The van der Waals surface area contributed by atoms with Crippen LogP contribution in [0.3, 0.4) is 0 Å². The van der Waals surface area contributed by atoms with Crippen LogP contribution in [0.2, 0.25) is 0 Å². The highest BCUT2D eigenvalue weighted by molar-refractivity contribution is 5.92. The van der Waals surface area contributed by atoms with Crippen LogP contribution in [-0.2, 0) is 0 Å². The monoisotopic (exact) mass is 209 g/mol. The Morgan fingerprint density at radius 1 is 1.47 bits per heavy atom. The summed E-state index contributed by atoms with van der Waals surface area (Å²) in [5.74, 6) is 0.716. The van der Waals surface area contributed by atoms with E-state index >= 15 is 0 Å². The third-order valence-electron chi connectivity index (χ3n) is 2.12. The van der Waals surface area contributed by atoms with Gasteiger partial charge in [0.05, 0.1) is 0 Å². The van der Waals surface area contributed by atoms with Crippen LogP contribution in [0.5, 0.6) is 0 Å². The van der Waals surface area contributed by atoms with Gasteiger partial charge in [0.1, 0.15) is 5.69 Å². The summed E-state index contributed by atoms with van der Waals surface area (Å²) in [4.78, 5) is 11.6. The van der Waals surface area contributed by atoms with E-state index in [1.54, 1.807) is 6.07 Å². The molecule has 0 unspecified atom stereocenters. The molecule has 0 fully saturated rings. The average molecular weight is 209 g/mol. The summed E-state index contributed by atoms with van der Waals surface area (Å²) in [6.07, 6.45) is 0. The number of aromatic nitrogens is 2. The Bertz CT molecular complexity index is 328. The number of H-pyrrole nitrogens is 1. The highest BCUT2D eigenvalue weighted by Crippen LogP contribution is 2.11. The van der Waals surface area contributed by atoms with Crippen molar-refractivity contribution in [3.05, 3.63) is 17.5 Å². The predicted octanol–water partition coefficient (Wildman–Crippen LogP) is 1.92. The number of carbonyl (C=O) groups is 1. The standard InChI is InChI=1S/C11H19N3O/c1-7(2)6-12-11(15)10-5-9(8(3)4)13-14-10/h5,7-8H,6H2,1-4H3,(H,12,15)(H,13,14). The molecule has 0 spiro atoms. The fraction of sp³-hybridized carbons (Fsp3) is 0.636. The van der Waals surface area contributed by atoms with Crippen molar-refractivity contribution in [3.8, 4) is 0 Å². The summed E-state index contributed by atoms with van der Waals surface area (Å²) in [6.45, 7) is 8.92. The predicted molar refractivity (Wildman–Crippen MR) is 59.8 cm³/mol. The molecule has 84 valence electrons. The van der Waals surface area contributed by atoms with Gasteiger partial charge in [-0.3, -0.25) is 9.89 Å². The molecule has 4 heteroatoms. The van der Waals surface area contributed by atoms with E-state index in [-0.39, 0.29) is 5.91 Å². The Morgan fingerprint density at radius 3 is 2.60 bits per heavy atom. The SMILES string of the molecule is CC(C)CNC(=O)c1cc(C(C)C)[nH]n1. The lowest BCUT2D eigenvalue weighted by atomic mass is 10.1. The number of nitrogens with zero attached hydrogens (tertiary/aromatic N) is 1. The van der Waals surface area contributed by atoms with Crippen molar-refractivity contribution in [1.29, 1.82) is 0 Å². The van der Waals surface area contributed by atoms with Crippen LogP contribution in [0.25, 0.3) is 0 Å². The van der Waals surface area contributed by atoms with Crippen molar-refractivity contribution >= 4 is 5.91 Å². The van der Waals surface area contributed by atoms with Crippen molar-refractivity contribution in [2.75, 3.05) is 6.54 Å². The van der Waals surface area contributed by atoms with Crippen molar-refractivity contribution in [2.45, 2.75) is 33.6 Å². The number of carbonyl (C=O) groups excluding carboxylic acids is 1. The zero-order valence-corrected chi connectivity index (χ0v) is 9.79. The minimum absolute atomic E-state index is 0.105. The minimum Gasteiger partial charge on any atom is -0.350 e. The largest absolute Gasteiger partial charge is 0.350 e. The molecule has 0 aliphatic carbocycles. The Morgan fingerprint density at radius 2 is 2.13 bits per heavy atom. The van der Waals surface area contributed by atoms with Crippen LogP contribution in [0.15, 0.2) is 6.07 Å². The fourth-order valence-electron chi connectivity index (χ4n) is 1.14. The summed E-state index contributed by atoms with van der Waals surface area (Å²) in [6, 6.07) is 1.81. The van der Waals surface area contributed by atoms with Gasteiger partial charge in [-0.25, -0.2) is 0 Å². The number of nitrogens with one attached hydrogen (secondary N) is 2. The molecule has 0 aliphatic rings. The zero-order chi connectivity index (χ0) is 11.4. The highest BCUT2D eigenvalue weighted by atomic mass is 16.1. The van der Waals surface area contributed by atoms with Gasteiger partial charge in [0, 0.05) is 12.2 Å². The molecule has 4 nitrogen and oxygen atoms in total. The van der Waals surface area contributed by atoms with E-state index < -0.39 is 0 Å². The molecule has 1 heterocycles. The Kier molecular flexibility index (Phi) is 3.88. The molecule has 0 saturated heterocycles. The maximum Gasteiger partial charge on any atom is 0.271 e. The number of amides is 1. The number of hydrogen-bond donors (Lipinski definition) is 2. The first-order valence-corrected chi connectivity index (χ1v) is 5.34. The van der Waals surface area contributed by atoms with E-state index in [4.69, 9.17) is 0 Å². The van der Waals surface area contributed by atoms with Gasteiger partial charge in [-0.05, 0) is 17.9 Å². The highest BCUT2D eigenvalue weighted by Gasteiger charge is 2.11. The smallest absolute Gasteiger partial charge is 0.271 e. The van der Waals surface area contributed by atoms with E-state index in [2.05, 4.69) is 43.2 Å². The second-order valence-corrected chi connectivity index (χ2v) is 4.47. The molecular formula is C11H19N3O. The second kappa shape index (κ2) is 4.96. The van der Waals surface area contributed by atoms with Gasteiger partial charge in [-0.2, -0.15) is 5.10 Å². The molecule has 2 N–H and O–H groups in total. The summed E-state index contributed by atoms with van der Waals surface area (Å²) >= 11 is 0. The first-order chi connectivity index (χ1) is 7.00. The number of aromatic amines is 1. The molecule has 0 bridgehead atoms. The zero-order valence-electron chi connectivity index (χ0n) is 9.79. The van der Waals surface area contributed by atoms with Gasteiger partial charge in [-0.1, -0.05) is 27.7 Å². The van der Waals surface area contributed by atoms with Crippen molar-refractivity contribution in [1.82, 2.24) is 15.5 Å². The van der Waals surface area contributed by atoms with Gasteiger partial charge >= 0.3 is 0 Å². The minimum atomic E-state index is -0.105. The van der Waals surface area contributed by atoms with Gasteiger partial charge < -0.3 is 5.32 Å². The molecule has 0 aliphatic heterocycles. The van der Waals surface area contributed by atoms with Gasteiger partial charge in [-0.15, -0.1) is 0 Å². The van der Waals surface area contributed by atoms with Crippen LogP contribution in [0, 0.1) is 5.92 Å². The summed E-state index contributed by atoms with van der Waals surface area (Å²) in [7, 11) is 0. The lowest BCUT2D eigenvalue weighted by Crippen LogP contribution is -2.27. The van der Waals surface area contributed by atoms with Gasteiger partial charge in [0.15, 0.2) is 0 Å². The molecule has 0 saturated carbocycles. The van der Waals surface area contributed by atoms with Crippen LogP contribution in [0.4, 0.5) is 0 Å². The third kappa shape index (κ3) is 3.38. The number of rotatable bonds is 4. The fourth-order valence-corrected chi connectivity index (χ4v) is 1.14. The van der Waals surface area contributed by atoms with E-state index in [0.29, 0.717) is 24.1 Å². The molecular weight excluding hydrogens is 190 g/mol. The normalized spacial score (nSPS) is 11.1. The second-order valence-electron chi connectivity index (χ2n) is 4.47. The summed E-state index contributed by atoms with van der Waals surface area (Å²) in [5, 5.41) is 9.67. The topological polar surface area (TPSA) is 57.8 Å². The first kappa shape index (κ1) is 11.8. The molecule has 15 heavy (non-hydrogen) atoms. The van der Waals surface area contributed by atoms with Crippen LogP contribution < -0.4 is 5.32 Å². The number of hydrogen-bond acceptors (Lipinski definition) is 2. The maximum atomic E-state index is 11.6. The van der Waals surface area contributed by atoms with Crippen LogP contribution >= 0.6 is 0 Å². The quantitative estimate of drug-likeness (QED) is 0.796. The van der Waals surface area contributed by atoms with E-state index in [1.807, 2.05) is 0 Å². The summed E-state index contributed by atoms with van der Waals surface area (Å²) < 4.78 is 0. The van der Waals surface area contributed by atoms with Crippen molar-refractivity contribution < 1.29 is 4.79 Å². The Labute approximate surface area is 90.5 Å². The van der Waals surface area contributed by atoms with Gasteiger partial charge in [0.25, 0.3) is 5.91 Å². The van der Waals surface area contributed by atoms with E-state index in [0.717, 1.165) is 5.69 Å². The third-order valence-corrected chi connectivity index (χ3v) is 2.12. The van der Waals surface area contributed by atoms with E-state index in [9.17, 15) is 4.79 Å². The molecule has 0 radical (unpaired) electrons. The Balaban J connectivity index is 2.58. The van der Waals surface area contributed by atoms with Crippen LogP contribution in [-0.4, -0.2) is 22.6 Å². The molecule has 0 aromatic carbocycles. The molecule has 1 aromatic heterocycles. The molecule has 1 rings (SSSR count). The average Bonchev–Trinajstić information content (AvgIpc) is 2.62. The van der Waals surface area contributed by atoms with E-state index in [1.165, 1.54) is 0 Å². The lowest BCUT2D eigenvalue weighted by Gasteiger charge is -2.04. The maximum absolute atomic E-state index is 11.6. The molecule has 1 amide bonds. The first-order valence-electron chi connectivity index (χ1n) is 5.34. The Hall–Kier alpha value is -1.32. The lowest BCUT2D eigenvalue weighted by molar-refractivity contribution is 0.0944. The van der Waals surface area contributed by atoms with Gasteiger partial charge in [0.2, 0.25) is 0 Å². The summed E-state index contributed by atoms with van der Waals surface area (Å²) in [5.41, 5.74) is 1.46.